The molecule has 3 rings (SSSR count). The molecule has 5 nitrogen and oxygen atoms in total. The molecule has 0 N–H and O–H groups in total. The highest BCUT2D eigenvalue weighted by atomic mass is 35.5. The Labute approximate surface area is 136 Å². The number of halogens is 1. The lowest BCUT2D eigenvalue weighted by molar-refractivity contribution is -0.143. The summed E-state index contributed by atoms with van der Waals surface area (Å²) in [6.45, 7) is 5.85. The molecule has 0 aromatic carbocycles. The van der Waals surface area contributed by atoms with Gasteiger partial charge in [0, 0.05) is 38.3 Å². The monoisotopic (exact) mass is 323 g/mol. The third kappa shape index (κ3) is 3.52. The summed E-state index contributed by atoms with van der Waals surface area (Å²) in [5, 5.41) is 0.648. The summed E-state index contributed by atoms with van der Waals surface area (Å²) >= 11 is 5.87. The lowest BCUT2D eigenvalue weighted by atomic mass is 9.95. The second-order valence-corrected chi connectivity index (χ2v) is 6.50. The largest absolute Gasteiger partial charge is 0.375 e. The molecule has 0 radical (unpaired) electrons. The van der Waals surface area contributed by atoms with E-state index >= 15 is 0 Å². The van der Waals surface area contributed by atoms with Crippen LogP contribution in [-0.4, -0.2) is 54.7 Å². The maximum atomic E-state index is 12.6. The SMILES string of the molecule is C[C@H]1CN(C(=O)C2CCN(c3ccc(Cl)cn3)CC2)CCO1. The van der Waals surface area contributed by atoms with E-state index in [9.17, 15) is 4.79 Å². The van der Waals surface area contributed by atoms with Crippen LogP contribution in [0.4, 0.5) is 5.82 Å². The molecule has 0 saturated carbocycles. The number of ether oxygens (including phenoxy) is 1. The van der Waals surface area contributed by atoms with Crippen LogP contribution in [0.3, 0.4) is 0 Å². The van der Waals surface area contributed by atoms with Gasteiger partial charge in [0.1, 0.15) is 5.82 Å². The van der Waals surface area contributed by atoms with Gasteiger partial charge in [0.05, 0.1) is 17.7 Å². The van der Waals surface area contributed by atoms with E-state index in [0.29, 0.717) is 17.5 Å². The number of carbonyl (C=O) groups excluding carboxylic acids is 1. The van der Waals surface area contributed by atoms with E-state index in [0.717, 1.165) is 44.8 Å². The number of anilines is 1. The van der Waals surface area contributed by atoms with Crippen LogP contribution in [0, 0.1) is 5.92 Å². The van der Waals surface area contributed by atoms with Crippen LogP contribution in [-0.2, 0) is 9.53 Å². The van der Waals surface area contributed by atoms with Crippen molar-refractivity contribution in [3.8, 4) is 0 Å². The van der Waals surface area contributed by atoms with E-state index in [1.54, 1.807) is 6.20 Å². The normalized spacial score (nSPS) is 23.6. The van der Waals surface area contributed by atoms with Crippen molar-refractivity contribution in [2.24, 2.45) is 5.92 Å². The number of hydrogen-bond donors (Lipinski definition) is 0. The van der Waals surface area contributed by atoms with E-state index in [1.165, 1.54) is 0 Å². The van der Waals surface area contributed by atoms with Gasteiger partial charge >= 0.3 is 0 Å². The maximum absolute atomic E-state index is 12.6. The van der Waals surface area contributed by atoms with Crippen molar-refractivity contribution >= 4 is 23.3 Å². The molecule has 22 heavy (non-hydrogen) atoms. The fraction of sp³-hybridized carbons (Fsp3) is 0.625. The van der Waals surface area contributed by atoms with Gasteiger partial charge in [0.2, 0.25) is 5.91 Å². The van der Waals surface area contributed by atoms with Gasteiger partial charge in [-0.1, -0.05) is 11.6 Å². The van der Waals surface area contributed by atoms with Crippen molar-refractivity contribution in [2.75, 3.05) is 37.7 Å². The first-order valence-corrected chi connectivity index (χ1v) is 8.28. The van der Waals surface area contributed by atoms with Crippen molar-refractivity contribution < 1.29 is 9.53 Å². The number of amides is 1. The predicted molar refractivity (Wildman–Crippen MR) is 86.2 cm³/mol. The average Bonchev–Trinajstić information content (AvgIpc) is 2.55. The van der Waals surface area contributed by atoms with Gasteiger partial charge < -0.3 is 14.5 Å². The first kappa shape index (κ1) is 15.6. The molecule has 120 valence electrons. The standard InChI is InChI=1S/C16H22ClN3O2/c1-12-11-20(8-9-22-12)16(21)13-4-6-19(7-5-13)15-3-2-14(17)10-18-15/h2-3,10,12-13H,4-9,11H2,1H3/t12-/m0/s1. The second-order valence-electron chi connectivity index (χ2n) is 6.06. The van der Waals surface area contributed by atoms with Crippen LogP contribution >= 0.6 is 11.6 Å². The highest BCUT2D eigenvalue weighted by Crippen LogP contribution is 2.24. The minimum Gasteiger partial charge on any atom is -0.375 e. The molecular weight excluding hydrogens is 302 g/mol. The molecule has 0 bridgehead atoms. The van der Waals surface area contributed by atoms with Crippen LogP contribution in [0.2, 0.25) is 5.02 Å². The Bertz CT molecular complexity index is 515. The summed E-state index contributed by atoms with van der Waals surface area (Å²) in [6.07, 6.45) is 3.59. The number of aromatic nitrogens is 1. The summed E-state index contributed by atoms with van der Waals surface area (Å²) in [5.41, 5.74) is 0. The van der Waals surface area contributed by atoms with Crippen molar-refractivity contribution in [1.82, 2.24) is 9.88 Å². The van der Waals surface area contributed by atoms with E-state index in [-0.39, 0.29) is 12.0 Å². The Morgan fingerprint density at radius 2 is 2.09 bits per heavy atom. The number of pyridine rings is 1. The lowest BCUT2D eigenvalue weighted by Gasteiger charge is -2.37. The molecule has 0 spiro atoms. The number of morpholine rings is 1. The molecule has 2 saturated heterocycles. The molecule has 2 aliphatic heterocycles. The molecule has 6 heteroatoms. The van der Waals surface area contributed by atoms with Gasteiger partial charge in [-0.15, -0.1) is 0 Å². The van der Waals surface area contributed by atoms with E-state index in [1.807, 2.05) is 24.0 Å². The molecule has 1 amide bonds. The zero-order chi connectivity index (χ0) is 15.5. The second kappa shape index (κ2) is 6.84. The summed E-state index contributed by atoms with van der Waals surface area (Å²) in [6, 6.07) is 3.80. The fourth-order valence-electron chi connectivity index (χ4n) is 3.19. The minimum atomic E-state index is 0.133. The number of piperidine rings is 1. The van der Waals surface area contributed by atoms with Gasteiger partial charge in [-0.25, -0.2) is 4.98 Å². The van der Waals surface area contributed by atoms with E-state index in [2.05, 4.69) is 9.88 Å². The zero-order valence-electron chi connectivity index (χ0n) is 12.9. The summed E-state index contributed by atoms with van der Waals surface area (Å²) in [4.78, 5) is 21.2. The third-order valence-corrected chi connectivity index (χ3v) is 4.66. The summed E-state index contributed by atoms with van der Waals surface area (Å²) < 4.78 is 5.51. The minimum absolute atomic E-state index is 0.133. The number of carbonyl (C=O) groups is 1. The van der Waals surface area contributed by atoms with Crippen LogP contribution in [0.1, 0.15) is 19.8 Å². The molecule has 3 heterocycles. The van der Waals surface area contributed by atoms with Crippen molar-refractivity contribution in [3.63, 3.8) is 0 Å². The molecule has 2 aliphatic rings. The van der Waals surface area contributed by atoms with Crippen molar-refractivity contribution in [2.45, 2.75) is 25.9 Å². The van der Waals surface area contributed by atoms with Gasteiger partial charge in [0.25, 0.3) is 0 Å². The highest BCUT2D eigenvalue weighted by Gasteiger charge is 2.31. The van der Waals surface area contributed by atoms with Gasteiger partial charge in [0.15, 0.2) is 0 Å². The molecule has 2 fully saturated rings. The van der Waals surface area contributed by atoms with E-state index in [4.69, 9.17) is 16.3 Å². The molecule has 1 aromatic heterocycles. The van der Waals surface area contributed by atoms with Gasteiger partial charge in [-0.05, 0) is 31.9 Å². The molecule has 1 atom stereocenters. The Balaban J connectivity index is 1.55. The zero-order valence-corrected chi connectivity index (χ0v) is 13.6. The molecular formula is C16H22ClN3O2. The average molecular weight is 324 g/mol. The number of hydrogen-bond acceptors (Lipinski definition) is 4. The Kier molecular flexibility index (Phi) is 4.84. The first-order valence-electron chi connectivity index (χ1n) is 7.90. The Hall–Kier alpha value is -1.33. The first-order chi connectivity index (χ1) is 10.6. The maximum Gasteiger partial charge on any atom is 0.225 e. The molecule has 1 aromatic rings. The quantitative estimate of drug-likeness (QED) is 0.837. The molecule has 0 unspecified atom stereocenters. The summed E-state index contributed by atoms with van der Waals surface area (Å²) in [7, 11) is 0. The van der Waals surface area contributed by atoms with Crippen LogP contribution in [0.5, 0.6) is 0 Å². The third-order valence-electron chi connectivity index (χ3n) is 4.43. The Morgan fingerprint density at radius 1 is 1.32 bits per heavy atom. The van der Waals surface area contributed by atoms with Crippen LogP contribution in [0.15, 0.2) is 18.3 Å². The predicted octanol–water partition coefficient (Wildman–Crippen LogP) is 2.20. The van der Waals surface area contributed by atoms with Gasteiger partial charge in [-0.3, -0.25) is 4.79 Å². The summed E-state index contributed by atoms with van der Waals surface area (Å²) in [5.74, 6) is 1.36. The molecule has 0 aliphatic carbocycles. The van der Waals surface area contributed by atoms with Crippen LogP contribution < -0.4 is 4.90 Å². The smallest absolute Gasteiger partial charge is 0.225 e. The van der Waals surface area contributed by atoms with Gasteiger partial charge in [-0.2, -0.15) is 0 Å². The van der Waals surface area contributed by atoms with Crippen molar-refractivity contribution in [1.29, 1.82) is 0 Å². The van der Waals surface area contributed by atoms with Crippen molar-refractivity contribution in [3.05, 3.63) is 23.4 Å². The number of rotatable bonds is 2. The fourth-order valence-corrected chi connectivity index (χ4v) is 3.30. The number of nitrogens with zero attached hydrogens (tertiary/aromatic N) is 3. The Morgan fingerprint density at radius 3 is 2.73 bits per heavy atom. The topological polar surface area (TPSA) is 45.7 Å². The lowest BCUT2D eigenvalue weighted by Crippen LogP contribution is -2.49. The van der Waals surface area contributed by atoms with E-state index < -0.39 is 0 Å². The highest BCUT2D eigenvalue weighted by molar-refractivity contribution is 6.30. The van der Waals surface area contributed by atoms with Crippen LogP contribution in [0.25, 0.3) is 0 Å².